The van der Waals surface area contributed by atoms with E-state index < -0.39 is 0 Å². The number of hydrogen-bond donors (Lipinski definition) is 1. The summed E-state index contributed by atoms with van der Waals surface area (Å²) in [6.45, 7) is 1.10. The first kappa shape index (κ1) is 11.4. The Bertz CT molecular complexity index is 512. The van der Waals surface area contributed by atoms with Crippen molar-refractivity contribution in [2.75, 3.05) is 6.54 Å². The summed E-state index contributed by atoms with van der Waals surface area (Å²) in [6, 6.07) is 20.6. The number of benzene rings is 2. The molecule has 0 saturated heterocycles. The number of nitriles is 1. The Balaban J connectivity index is 2.25. The third-order valence-electron chi connectivity index (χ3n) is 2.62. The Morgan fingerprint density at radius 1 is 0.941 bits per heavy atom. The van der Waals surface area contributed by atoms with Crippen molar-refractivity contribution in [1.29, 1.82) is 5.26 Å². The van der Waals surface area contributed by atoms with E-state index in [0.717, 1.165) is 6.54 Å². The summed E-state index contributed by atoms with van der Waals surface area (Å²) < 4.78 is 0. The van der Waals surface area contributed by atoms with Gasteiger partial charge in [-0.05, 0) is 16.7 Å². The molecule has 0 aliphatic heterocycles. The van der Waals surface area contributed by atoms with Crippen LogP contribution in [0.3, 0.4) is 0 Å². The Morgan fingerprint density at radius 2 is 1.65 bits per heavy atom. The van der Waals surface area contributed by atoms with Crippen LogP contribution in [0.5, 0.6) is 0 Å². The van der Waals surface area contributed by atoms with E-state index in [1.807, 2.05) is 30.3 Å². The molecule has 0 unspecified atom stereocenters. The molecule has 0 saturated carbocycles. The lowest BCUT2D eigenvalue weighted by molar-refractivity contribution is 0.767. The van der Waals surface area contributed by atoms with Gasteiger partial charge < -0.3 is 5.32 Å². The molecule has 84 valence electrons. The first-order valence-electron chi connectivity index (χ1n) is 5.63. The van der Waals surface area contributed by atoms with Crippen molar-refractivity contribution in [2.45, 2.75) is 6.54 Å². The molecule has 17 heavy (non-hydrogen) atoms. The lowest BCUT2D eigenvalue weighted by atomic mass is 10.00. The van der Waals surface area contributed by atoms with Crippen LogP contribution in [0.4, 0.5) is 0 Å². The van der Waals surface area contributed by atoms with Gasteiger partial charge in [-0.2, -0.15) is 5.26 Å². The third kappa shape index (κ3) is 2.93. The standard InChI is InChI=1S/C15H14N2/c16-10-11-17-12-14-8-4-5-9-15(14)13-6-2-1-3-7-13/h1-9,17H,11-12H2. The molecule has 0 aliphatic carbocycles. The zero-order chi connectivity index (χ0) is 11.9. The van der Waals surface area contributed by atoms with Crippen LogP contribution in [-0.4, -0.2) is 6.54 Å². The highest BCUT2D eigenvalue weighted by Gasteiger charge is 2.02. The number of hydrogen-bond acceptors (Lipinski definition) is 2. The van der Waals surface area contributed by atoms with E-state index in [2.05, 4.69) is 35.7 Å². The molecule has 2 heteroatoms. The summed E-state index contributed by atoms with van der Waals surface area (Å²) in [6.07, 6.45) is 0. The molecule has 0 aliphatic rings. The number of nitrogens with one attached hydrogen (secondary N) is 1. The van der Waals surface area contributed by atoms with Gasteiger partial charge in [0.25, 0.3) is 0 Å². The van der Waals surface area contributed by atoms with Gasteiger partial charge in [-0.3, -0.25) is 0 Å². The van der Waals surface area contributed by atoms with Gasteiger partial charge in [-0.25, -0.2) is 0 Å². The predicted octanol–water partition coefficient (Wildman–Crippen LogP) is 2.97. The highest BCUT2D eigenvalue weighted by molar-refractivity contribution is 5.67. The molecular formula is C15H14N2. The highest BCUT2D eigenvalue weighted by atomic mass is 14.8. The van der Waals surface area contributed by atoms with Crippen molar-refractivity contribution in [3.8, 4) is 17.2 Å². The van der Waals surface area contributed by atoms with Crippen molar-refractivity contribution in [3.63, 3.8) is 0 Å². The van der Waals surface area contributed by atoms with E-state index >= 15 is 0 Å². The zero-order valence-corrected chi connectivity index (χ0v) is 9.56. The molecule has 1 N–H and O–H groups in total. The molecule has 0 amide bonds. The lowest BCUT2D eigenvalue weighted by Gasteiger charge is -2.09. The van der Waals surface area contributed by atoms with Gasteiger partial charge in [-0.15, -0.1) is 0 Å². The van der Waals surface area contributed by atoms with Crippen molar-refractivity contribution >= 4 is 0 Å². The molecule has 0 spiro atoms. The molecule has 2 aromatic rings. The van der Waals surface area contributed by atoms with E-state index in [1.165, 1.54) is 16.7 Å². The fraction of sp³-hybridized carbons (Fsp3) is 0.133. The van der Waals surface area contributed by atoms with E-state index in [-0.39, 0.29) is 0 Å². The van der Waals surface area contributed by atoms with Crippen molar-refractivity contribution < 1.29 is 0 Å². The second kappa shape index (κ2) is 5.83. The largest absolute Gasteiger partial charge is 0.300 e. The van der Waals surface area contributed by atoms with E-state index in [1.54, 1.807) is 0 Å². The summed E-state index contributed by atoms with van der Waals surface area (Å²) >= 11 is 0. The normalized spacial score (nSPS) is 9.82. The minimum absolute atomic E-state index is 0.378. The summed E-state index contributed by atoms with van der Waals surface area (Å²) in [5.41, 5.74) is 3.65. The van der Waals surface area contributed by atoms with Gasteiger partial charge in [0, 0.05) is 6.54 Å². The van der Waals surface area contributed by atoms with Crippen molar-refractivity contribution in [3.05, 3.63) is 60.2 Å². The van der Waals surface area contributed by atoms with Crippen LogP contribution in [0.15, 0.2) is 54.6 Å². The van der Waals surface area contributed by atoms with Crippen LogP contribution in [0.2, 0.25) is 0 Å². The maximum atomic E-state index is 8.52. The molecule has 2 rings (SSSR count). The quantitative estimate of drug-likeness (QED) is 0.637. The Hall–Kier alpha value is -2.11. The molecule has 0 aromatic heterocycles. The number of nitrogens with zero attached hydrogens (tertiary/aromatic N) is 1. The van der Waals surface area contributed by atoms with Gasteiger partial charge in [0.2, 0.25) is 0 Å². The Morgan fingerprint density at radius 3 is 2.41 bits per heavy atom. The lowest BCUT2D eigenvalue weighted by Crippen LogP contribution is -2.13. The molecule has 0 atom stereocenters. The molecule has 0 fully saturated rings. The summed E-state index contributed by atoms with van der Waals surface area (Å²) in [7, 11) is 0. The van der Waals surface area contributed by atoms with E-state index in [0.29, 0.717) is 6.54 Å². The van der Waals surface area contributed by atoms with Crippen LogP contribution < -0.4 is 5.32 Å². The molecule has 2 aromatic carbocycles. The van der Waals surface area contributed by atoms with Crippen LogP contribution in [-0.2, 0) is 6.54 Å². The van der Waals surface area contributed by atoms with Gasteiger partial charge in [-0.1, -0.05) is 54.6 Å². The summed E-state index contributed by atoms with van der Waals surface area (Å²) in [5.74, 6) is 0. The minimum atomic E-state index is 0.378. The van der Waals surface area contributed by atoms with E-state index in [9.17, 15) is 0 Å². The van der Waals surface area contributed by atoms with Gasteiger partial charge >= 0.3 is 0 Å². The molecule has 0 radical (unpaired) electrons. The monoisotopic (exact) mass is 222 g/mol. The average Bonchev–Trinajstić information content (AvgIpc) is 2.41. The number of rotatable bonds is 4. The topological polar surface area (TPSA) is 35.8 Å². The minimum Gasteiger partial charge on any atom is -0.300 e. The first-order valence-corrected chi connectivity index (χ1v) is 5.63. The maximum absolute atomic E-state index is 8.52. The van der Waals surface area contributed by atoms with Crippen LogP contribution in [0, 0.1) is 11.3 Å². The zero-order valence-electron chi connectivity index (χ0n) is 9.56. The fourth-order valence-corrected chi connectivity index (χ4v) is 1.83. The highest BCUT2D eigenvalue weighted by Crippen LogP contribution is 2.22. The van der Waals surface area contributed by atoms with Crippen molar-refractivity contribution in [1.82, 2.24) is 5.32 Å². The molecule has 2 nitrogen and oxygen atoms in total. The predicted molar refractivity (Wildman–Crippen MR) is 69.2 cm³/mol. The second-order valence-electron chi connectivity index (χ2n) is 3.78. The molecule has 0 bridgehead atoms. The summed E-state index contributed by atoms with van der Waals surface area (Å²) in [4.78, 5) is 0. The van der Waals surface area contributed by atoms with Crippen molar-refractivity contribution in [2.24, 2.45) is 0 Å². The third-order valence-corrected chi connectivity index (χ3v) is 2.62. The Kier molecular flexibility index (Phi) is 3.90. The van der Waals surface area contributed by atoms with Crippen LogP contribution in [0.1, 0.15) is 5.56 Å². The average molecular weight is 222 g/mol. The van der Waals surface area contributed by atoms with Gasteiger partial charge in [0.15, 0.2) is 0 Å². The first-order chi connectivity index (χ1) is 8.42. The van der Waals surface area contributed by atoms with Gasteiger partial charge in [0.05, 0.1) is 12.6 Å². The van der Waals surface area contributed by atoms with Crippen LogP contribution in [0.25, 0.3) is 11.1 Å². The van der Waals surface area contributed by atoms with Gasteiger partial charge in [0.1, 0.15) is 0 Å². The molecule has 0 heterocycles. The summed E-state index contributed by atoms with van der Waals surface area (Å²) in [5, 5.41) is 11.6. The molecular weight excluding hydrogens is 208 g/mol. The fourth-order valence-electron chi connectivity index (χ4n) is 1.83. The second-order valence-corrected chi connectivity index (χ2v) is 3.78. The Labute approximate surface area is 102 Å². The van der Waals surface area contributed by atoms with E-state index in [4.69, 9.17) is 5.26 Å². The SMILES string of the molecule is N#CCNCc1ccccc1-c1ccccc1. The van der Waals surface area contributed by atoms with Crippen LogP contribution >= 0.6 is 0 Å². The smallest absolute Gasteiger partial charge is 0.0843 e. The maximum Gasteiger partial charge on any atom is 0.0843 e.